The van der Waals surface area contributed by atoms with E-state index in [0.29, 0.717) is 6.54 Å². The summed E-state index contributed by atoms with van der Waals surface area (Å²) in [4.78, 5) is 14.4. The molecule has 2 rings (SSSR count). The van der Waals surface area contributed by atoms with Crippen LogP contribution in [0.15, 0.2) is 48.5 Å². The third kappa shape index (κ3) is 4.95. The lowest BCUT2D eigenvalue weighted by Gasteiger charge is -2.27. The molecule has 26 heavy (non-hydrogen) atoms. The minimum absolute atomic E-state index is 0.0593. The Morgan fingerprint density at radius 1 is 1.12 bits per heavy atom. The average molecular weight is 360 g/mol. The minimum atomic E-state index is -0.813. The number of halogens is 1. The highest BCUT2D eigenvalue weighted by Crippen LogP contribution is 2.27. The number of methoxy groups -OCH3 is 1. The third-order valence-corrected chi connectivity index (χ3v) is 4.10. The Bertz CT molecular complexity index is 737. The van der Waals surface area contributed by atoms with Crippen molar-refractivity contribution in [3.63, 3.8) is 0 Å². The van der Waals surface area contributed by atoms with E-state index in [-0.39, 0.29) is 17.7 Å². The Kier molecular flexibility index (Phi) is 6.97. The second kappa shape index (κ2) is 9.20. The number of hydrogen-bond donors (Lipinski definition) is 1. The lowest BCUT2D eigenvalue weighted by Crippen LogP contribution is -2.41. The molecule has 0 aromatic heterocycles. The topological polar surface area (TPSA) is 50.8 Å². The van der Waals surface area contributed by atoms with E-state index in [2.05, 4.69) is 5.32 Å². The Balaban J connectivity index is 2.02. The molecular formula is C20H25FN2O3. The van der Waals surface area contributed by atoms with Gasteiger partial charge in [-0.3, -0.25) is 4.79 Å². The summed E-state index contributed by atoms with van der Waals surface area (Å²) >= 11 is 0. The van der Waals surface area contributed by atoms with Gasteiger partial charge in [-0.1, -0.05) is 30.3 Å². The molecule has 6 heteroatoms. The summed E-state index contributed by atoms with van der Waals surface area (Å²) in [6.45, 7) is 1.96. The van der Waals surface area contributed by atoms with Gasteiger partial charge in [-0.2, -0.15) is 0 Å². The molecular weight excluding hydrogens is 335 g/mol. The van der Waals surface area contributed by atoms with Gasteiger partial charge in [0.2, 0.25) is 0 Å². The Morgan fingerprint density at radius 3 is 2.35 bits per heavy atom. The SMILES string of the molecule is COc1ccccc1[C@@H](CNC(=O)[C@H](C)Oc1ccccc1F)N(C)C. The molecule has 0 unspecified atom stereocenters. The summed E-state index contributed by atoms with van der Waals surface area (Å²) < 4.78 is 24.5. The van der Waals surface area contributed by atoms with Crippen LogP contribution in [0.5, 0.6) is 11.5 Å². The minimum Gasteiger partial charge on any atom is -0.496 e. The molecule has 0 saturated carbocycles. The number of rotatable bonds is 8. The number of amides is 1. The second-order valence-electron chi connectivity index (χ2n) is 6.16. The average Bonchev–Trinajstić information content (AvgIpc) is 2.63. The zero-order valence-electron chi connectivity index (χ0n) is 15.5. The molecule has 5 nitrogen and oxygen atoms in total. The van der Waals surface area contributed by atoms with Crippen molar-refractivity contribution < 1.29 is 18.7 Å². The number of hydrogen-bond acceptors (Lipinski definition) is 4. The first-order valence-corrected chi connectivity index (χ1v) is 8.42. The highest BCUT2D eigenvalue weighted by Gasteiger charge is 2.22. The number of nitrogens with one attached hydrogen (secondary N) is 1. The zero-order chi connectivity index (χ0) is 19.1. The summed E-state index contributed by atoms with van der Waals surface area (Å²) in [5.74, 6) is 0.0162. The van der Waals surface area contributed by atoms with Crippen LogP contribution in [-0.2, 0) is 4.79 Å². The summed E-state index contributed by atoms with van der Waals surface area (Å²) in [6, 6.07) is 13.6. The normalized spacial score (nSPS) is 13.2. The van der Waals surface area contributed by atoms with Gasteiger partial charge in [0.1, 0.15) is 5.75 Å². The first kappa shape index (κ1) is 19.7. The van der Waals surface area contributed by atoms with Crippen LogP contribution < -0.4 is 14.8 Å². The first-order valence-electron chi connectivity index (χ1n) is 8.42. The lowest BCUT2D eigenvalue weighted by atomic mass is 10.0. The number of carbonyl (C=O) groups excluding carboxylic acids is 1. The second-order valence-corrected chi connectivity index (χ2v) is 6.16. The first-order chi connectivity index (χ1) is 12.4. The summed E-state index contributed by atoms with van der Waals surface area (Å²) in [7, 11) is 5.49. The van der Waals surface area contributed by atoms with Crippen LogP contribution in [0.25, 0.3) is 0 Å². The fourth-order valence-corrected chi connectivity index (χ4v) is 2.64. The number of ether oxygens (including phenoxy) is 2. The van der Waals surface area contributed by atoms with Crippen LogP contribution in [0, 0.1) is 5.82 Å². The fourth-order valence-electron chi connectivity index (χ4n) is 2.64. The van der Waals surface area contributed by atoms with Gasteiger partial charge in [-0.25, -0.2) is 4.39 Å². The Morgan fingerprint density at radius 2 is 1.73 bits per heavy atom. The van der Waals surface area contributed by atoms with Crippen LogP contribution in [0.4, 0.5) is 4.39 Å². The van der Waals surface area contributed by atoms with Gasteiger partial charge in [-0.05, 0) is 39.2 Å². The molecule has 0 spiro atoms. The van der Waals surface area contributed by atoms with Gasteiger partial charge in [0.05, 0.1) is 13.2 Å². The van der Waals surface area contributed by atoms with Gasteiger partial charge in [0, 0.05) is 12.1 Å². The molecule has 1 N–H and O–H groups in total. The van der Waals surface area contributed by atoms with Crippen molar-refractivity contribution in [2.75, 3.05) is 27.7 Å². The number of likely N-dealkylation sites (N-methyl/N-ethyl adjacent to an activating group) is 1. The van der Waals surface area contributed by atoms with Crippen LogP contribution in [0.3, 0.4) is 0 Å². The van der Waals surface area contributed by atoms with Crippen molar-refractivity contribution >= 4 is 5.91 Å². The molecule has 140 valence electrons. The quantitative estimate of drug-likeness (QED) is 0.786. The van der Waals surface area contributed by atoms with Crippen molar-refractivity contribution in [2.45, 2.75) is 19.1 Å². The molecule has 0 aliphatic carbocycles. The standard InChI is InChI=1S/C20H25FN2O3/c1-14(26-19-12-8-6-10-16(19)21)20(24)22-13-17(23(2)3)15-9-5-7-11-18(15)25-4/h5-12,14,17H,13H2,1-4H3,(H,22,24)/t14-,17+/m0/s1. The van der Waals surface area contributed by atoms with Gasteiger partial charge < -0.3 is 19.7 Å². The molecule has 1 amide bonds. The number of benzene rings is 2. The molecule has 2 aromatic carbocycles. The summed E-state index contributed by atoms with van der Waals surface area (Å²) in [6.07, 6.45) is -0.813. The van der Waals surface area contributed by atoms with Crippen molar-refractivity contribution in [2.24, 2.45) is 0 Å². The highest BCUT2D eigenvalue weighted by atomic mass is 19.1. The predicted octanol–water partition coefficient (Wildman–Crippen LogP) is 3.02. The predicted molar refractivity (Wildman–Crippen MR) is 98.9 cm³/mol. The third-order valence-electron chi connectivity index (χ3n) is 4.10. The Hall–Kier alpha value is -2.60. The summed E-state index contributed by atoms with van der Waals surface area (Å²) in [5.41, 5.74) is 0.975. The number of para-hydroxylation sites is 2. The maximum atomic E-state index is 13.7. The van der Waals surface area contributed by atoms with E-state index in [1.807, 2.05) is 43.3 Å². The summed E-state index contributed by atoms with van der Waals surface area (Å²) in [5, 5.41) is 2.87. The number of nitrogens with zero attached hydrogens (tertiary/aromatic N) is 1. The van der Waals surface area contributed by atoms with E-state index < -0.39 is 11.9 Å². The van der Waals surface area contributed by atoms with Gasteiger partial charge in [0.15, 0.2) is 17.7 Å². The van der Waals surface area contributed by atoms with Crippen LogP contribution in [-0.4, -0.2) is 44.7 Å². The van der Waals surface area contributed by atoms with Crippen LogP contribution in [0.1, 0.15) is 18.5 Å². The van der Waals surface area contributed by atoms with Crippen molar-refractivity contribution in [3.05, 3.63) is 59.9 Å². The van der Waals surface area contributed by atoms with E-state index in [9.17, 15) is 9.18 Å². The van der Waals surface area contributed by atoms with Crippen molar-refractivity contribution in [1.29, 1.82) is 0 Å². The molecule has 0 fully saturated rings. The smallest absolute Gasteiger partial charge is 0.260 e. The molecule has 0 aliphatic rings. The van der Waals surface area contributed by atoms with E-state index in [4.69, 9.17) is 9.47 Å². The van der Waals surface area contributed by atoms with E-state index in [1.165, 1.54) is 12.1 Å². The van der Waals surface area contributed by atoms with Gasteiger partial charge >= 0.3 is 0 Å². The molecule has 0 heterocycles. The molecule has 2 atom stereocenters. The van der Waals surface area contributed by atoms with Gasteiger partial charge in [-0.15, -0.1) is 0 Å². The lowest BCUT2D eigenvalue weighted by molar-refractivity contribution is -0.127. The van der Waals surface area contributed by atoms with E-state index in [1.54, 1.807) is 26.2 Å². The molecule has 0 saturated heterocycles. The van der Waals surface area contributed by atoms with Crippen LogP contribution >= 0.6 is 0 Å². The molecule has 0 aliphatic heterocycles. The maximum absolute atomic E-state index is 13.7. The monoisotopic (exact) mass is 360 g/mol. The van der Waals surface area contributed by atoms with Crippen molar-refractivity contribution in [1.82, 2.24) is 10.2 Å². The molecule has 0 radical (unpaired) electrons. The molecule has 2 aromatic rings. The van der Waals surface area contributed by atoms with Gasteiger partial charge in [0.25, 0.3) is 5.91 Å². The van der Waals surface area contributed by atoms with E-state index >= 15 is 0 Å². The molecule has 0 bridgehead atoms. The maximum Gasteiger partial charge on any atom is 0.260 e. The fraction of sp³-hybridized carbons (Fsp3) is 0.350. The van der Waals surface area contributed by atoms with E-state index in [0.717, 1.165) is 11.3 Å². The number of carbonyl (C=O) groups is 1. The zero-order valence-corrected chi connectivity index (χ0v) is 15.5. The van der Waals surface area contributed by atoms with Crippen LogP contribution in [0.2, 0.25) is 0 Å². The Labute approximate surface area is 153 Å². The highest BCUT2D eigenvalue weighted by molar-refractivity contribution is 5.80. The van der Waals surface area contributed by atoms with Crippen molar-refractivity contribution in [3.8, 4) is 11.5 Å². The largest absolute Gasteiger partial charge is 0.496 e.